The van der Waals surface area contributed by atoms with E-state index in [4.69, 9.17) is 0 Å². The Kier molecular flexibility index (Phi) is 3.75. The first-order valence-corrected chi connectivity index (χ1v) is 7.24. The fourth-order valence-electron chi connectivity index (χ4n) is 2.77. The average Bonchev–Trinajstić information content (AvgIpc) is 2.93. The van der Waals surface area contributed by atoms with E-state index < -0.39 is 6.04 Å². The molecule has 0 bridgehead atoms. The van der Waals surface area contributed by atoms with Crippen LogP contribution in [0.15, 0.2) is 30.5 Å². The summed E-state index contributed by atoms with van der Waals surface area (Å²) in [5, 5.41) is 3.30. The monoisotopic (exact) mass is 301 g/mol. The molecule has 1 N–H and O–H groups in total. The molecule has 0 saturated carbocycles. The largest absolute Gasteiger partial charge is 0.354 e. The van der Waals surface area contributed by atoms with E-state index in [2.05, 4.69) is 10.3 Å². The second kappa shape index (κ2) is 5.71. The number of rotatable bonds is 3. The third-order valence-electron chi connectivity index (χ3n) is 3.89. The van der Waals surface area contributed by atoms with Crippen LogP contribution < -0.4 is 5.32 Å². The molecule has 22 heavy (non-hydrogen) atoms. The summed E-state index contributed by atoms with van der Waals surface area (Å²) in [6, 6.07) is 5.42. The van der Waals surface area contributed by atoms with Crippen LogP contribution in [0, 0.1) is 5.82 Å². The Morgan fingerprint density at radius 1 is 1.45 bits per heavy atom. The summed E-state index contributed by atoms with van der Waals surface area (Å²) in [5.74, 6) is -0.764. The van der Waals surface area contributed by atoms with E-state index in [1.807, 2.05) is 6.92 Å². The predicted molar refractivity (Wildman–Crippen MR) is 79.8 cm³/mol. The van der Waals surface area contributed by atoms with Crippen LogP contribution in [0.25, 0.3) is 10.9 Å². The van der Waals surface area contributed by atoms with Crippen molar-refractivity contribution >= 4 is 22.7 Å². The summed E-state index contributed by atoms with van der Waals surface area (Å²) in [6.45, 7) is 2.84. The Hall–Kier alpha value is -2.50. The molecule has 2 amide bonds. The first-order chi connectivity index (χ1) is 10.6. The lowest BCUT2D eigenvalue weighted by Gasteiger charge is -2.25. The summed E-state index contributed by atoms with van der Waals surface area (Å²) >= 11 is 0. The van der Waals surface area contributed by atoms with Crippen LogP contribution in [0.5, 0.6) is 0 Å². The minimum atomic E-state index is -0.444. The van der Waals surface area contributed by atoms with E-state index >= 15 is 0 Å². The number of benzene rings is 1. The molecule has 5 nitrogen and oxygen atoms in total. The van der Waals surface area contributed by atoms with Crippen molar-refractivity contribution in [3.63, 3.8) is 0 Å². The van der Waals surface area contributed by atoms with Crippen LogP contribution in [-0.4, -0.2) is 40.8 Å². The van der Waals surface area contributed by atoms with Gasteiger partial charge in [0.15, 0.2) is 0 Å². The molecule has 1 aliphatic heterocycles. The van der Waals surface area contributed by atoms with Crippen LogP contribution in [0.3, 0.4) is 0 Å². The molecule has 1 atom stereocenters. The lowest BCUT2D eigenvalue weighted by Crippen LogP contribution is -2.44. The van der Waals surface area contributed by atoms with E-state index in [0.717, 1.165) is 0 Å². The number of aromatic nitrogens is 1. The number of hydrogen-bond acceptors (Lipinski definition) is 3. The Labute approximate surface area is 127 Å². The van der Waals surface area contributed by atoms with Crippen molar-refractivity contribution < 1.29 is 14.0 Å². The van der Waals surface area contributed by atoms with Crippen molar-refractivity contribution in [2.45, 2.75) is 19.4 Å². The predicted octanol–water partition coefficient (Wildman–Crippen LogP) is 1.72. The van der Waals surface area contributed by atoms with Gasteiger partial charge in [-0.3, -0.25) is 14.6 Å². The average molecular weight is 301 g/mol. The van der Waals surface area contributed by atoms with Gasteiger partial charge in [0.05, 0.1) is 11.1 Å². The molecule has 2 aromatic rings. The van der Waals surface area contributed by atoms with Crippen LogP contribution in [0.4, 0.5) is 4.39 Å². The molecule has 1 aromatic carbocycles. The summed E-state index contributed by atoms with van der Waals surface area (Å²) in [6.07, 6.45) is 2.08. The molecule has 6 heteroatoms. The zero-order valence-corrected chi connectivity index (χ0v) is 12.2. The summed E-state index contributed by atoms with van der Waals surface area (Å²) in [4.78, 5) is 30.2. The first-order valence-electron chi connectivity index (χ1n) is 7.24. The molecule has 0 spiro atoms. The van der Waals surface area contributed by atoms with Crippen LogP contribution in [0.1, 0.15) is 23.7 Å². The molecule has 1 aliphatic rings. The Morgan fingerprint density at radius 3 is 2.95 bits per heavy atom. The fourth-order valence-corrected chi connectivity index (χ4v) is 2.77. The molecule has 1 aromatic heterocycles. The van der Waals surface area contributed by atoms with E-state index in [1.54, 1.807) is 12.1 Å². The van der Waals surface area contributed by atoms with Crippen LogP contribution in [0.2, 0.25) is 0 Å². The van der Waals surface area contributed by atoms with Crippen molar-refractivity contribution in [2.75, 3.05) is 13.1 Å². The minimum Gasteiger partial charge on any atom is -0.354 e. The van der Waals surface area contributed by atoms with E-state index in [9.17, 15) is 14.0 Å². The topological polar surface area (TPSA) is 62.3 Å². The third-order valence-corrected chi connectivity index (χ3v) is 3.89. The molecular weight excluding hydrogens is 285 g/mol. The zero-order valence-electron chi connectivity index (χ0n) is 12.2. The number of carbonyl (C=O) groups excluding carboxylic acids is 2. The highest BCUT2D eigenvalue weighted by Crippen LogP contribution is 2.18. The Balaban J connectivity index is 1.94. The number of hydrogen-bond donors (Lipinski definition) is 1. The van der Waals surface area contributed by atoms with Gasteiger partial charge in [0.25, 0.3) is 5.91 Å². The molecule has 1 unspecified atom stereocenters. The Bertz CT molecular complexity index is 747. The lowest BCUT2D eigenvalue weighted by atomic mass is 10.1. The van der Waals surface area contributed by atoms with Gasteiger partial charge in [-0.05, 0) is 37.6 Å². The van der Waals surface area contributed by atoms with Gasteiger partial charge in [-0.2, -0.15) is 0 Å². The summed E-state index contributed by atoms with van der Waals surface area (Å²) < 4.78 is 13.3. The highest BCUT2D eigenvalue weighted by Gasteiger charge is 2.32. The number of amides is 2. The van der Waals surface area contributed by atoms with Crippen molar-refractivity contribution in [3.05, 3.63) is 41.8 Å². The van der Waals surface area contributed by atoms with Gasteiger partial charge in [-0.25, -0.2) is 4.39 Å². The van der Waals surface area contributed by atoms with E-state index in [0.29, 0.717) is 36.0 Å². The van der Waals surface area contributed by atoms with Crippen molar-refractivity contribution in [2.24, 2.45) is 0 Å². The van der Waals surface area contributed by atoms with E-state index in [1.165, 1.54) is 23.2 Å². The second-order valence-corrected chi connectivity index (χ2v) is 5.25. The maximum atomic E-state index is 13.3. The molecule has 2 heterocycles. The van der Waals surface area contributed by atoms with Gasteiger partial charge >= 0.3 is 0 Å². The summed E-state index contributed by atoms with van der Waals surface area (Å²) in [5.41, 5.74) is 0.985. The van der Waals surface area contributed by atoms with Crippen molar-refractivity contribution in [1.82, 2.24) is 15.2 Å². The highest BCUT2D eigenvalue weighted by molar-refractivity contribution is 6.00. The van der Waals surface area contributed by atoms with Gasteiger partial charge in [0.2, 0.25) is 5.91 Å². The minimum absolute atomic E-state index is 0.130. The quantitative estimate of drug-likeness (QED) is 0.939. The number of carbonyl (C=O) groups is 2. The number of nitrogens with one attached hydrogen (secondary N) is 1. The molecule has 1 saturated heterocycles. The van der Waals surface area contributed by atoms with Gasteiger partial charge in [-0.15, -0.1) is 0 Å². The summed E-state index contributed by atoms with van der Waals surface area (Å²) in [7, 11) is 0. The molecule has 1 fully saturated rings. The number of nitrogens with zero attached hydrogens (tertiary/aromatic N) is 2. The van der Waals surface area contributed by atoms with Gasteiger partial charge in [-0.1, -0.05) is 0 Å². The molecule has 0 radical (unpaired) electrons. The lowest BCUT2D eigenvalue weighted by molar-refractivity contribution is -0.123. The van der Waals surface area contributed by atoms with Gasteiger partial charge < -0.3 is 10.2 Å². The first kappa shape index (κ1) is 14.4. The van der Waals surface area contributed by atoms with Crippen LogP contribution >= 0.6 is 0 Å². The third kappa shape index (κ3) is 2.52. The zero-order chi connectivity index (χ0) is 15.7. The SMILES string of the molecule is CCN(C(=O)c1cnc2ccc(F)cc2c1)C1CCNC1=O. The number of likely N-dealkylation sites (N-methyl/N-ethyl adjacent to an activating group) is 1. The normalized spacial score (nSPS) is 17.5. The maximum Gasteiger partial charge on any atom is 0.256 e. The maximum absolute atomic E-state index is 13.3. The van der Waals surface area contributed by atoms with Crippen molar-refractivity contribution in [1.29, 1.82) is 0 Å². The number of pyridine rings is 1. The second-order valence-electron chi connectivity index (χ2n) is 5.25. The fraction of sp³-hybridized carbons (Fsp3) is 0.312. The van der Waals surface area contributed by atoms with Crippen LogP contribution in [-0.2, 0) is 4.79 Å². The molecule has 3 rings (SSSR count). The van der Waals surface area contributed by atoms with Gasteiger partial charge in [0, 0.05) is 24.7 Å². The Morgan fingerprint density at radius 2 is 2.27 bits per heavy atom. The molecule has 114 valence electrons. The van der Waals surface area contributed by atoms with E-state index in [-0.39, 0.29) is 17.6 Å². The smallest absolute Gasteiger partial charge is 0.256 e. The van der Waals surface area contributed by atoms with Gasteiger partial charge in [0.1, 0.15) is 11.9 Å². The number of fused-ring (bicyclic) bond motifs is 1. The molecular formula is C16H16FN3O2. The number of halogens is 1. The standard InChI is InChI=1S/C16H16FN3O2/c1-2-20(14-5-6-18-15(14)21)16(22)11-7-10-8-12(17)3-4-13(10)19-9-11/h3-4,7-9,14H,2,5-6H2,1H3,(H,18,21). The highest BCUT2D eigenvalue weighted by atomic mass is 19.1. The van der Waals surface area contributed by atoms with Crippen molar-refractivity contribution in [3.8, 4) is 0 Å². The molecule has 0 aliphatic carbocycles.